The molecule has 0 fully saturated rings. The third kappa shape index (κ3) is 4.94. The van der Waals surface area contributed by atoms with E-state index < -0.39 is 0 Å². The van der Waals surface area contributed by atoms with Crippen molar-refractivity contribution in [2.24, 2.45) is 0 Å². The number of ether oxygens (including phenoxy) is 2. The smallest absolute Gasteiger partial charge is 0.223 e. The average molecular weight is 335 g/mol. The van der Waals surface area contributed by atoms with Crippen LogP contribution in [0.15, 0.2) is 23.6 Å². The Kier molecular flexibility index (Phi) is 5.95. The Labute approximate surface area is 140 Å². The molecule has 1 heterocycles. The highest BCUT2D eigenvalue weighted by Gasteiger charge is 2.09. The lowest BCUT2D eigenvalue weighted by Crippen LogP contribution is -2.17. The van der Waals surface area contributed by atoms with Crippen LogP contribution in [0.3, 0.4) is 0 Å². The number of amides is 1. The zero-order valence-electron chi connectivity index (χ0n) is 13.8. The quantitative estimate of drug-likeness (QED) is 0.843. The van der Waals surface area contributed by atoms with Gasteiger partial charge in [-0.05, 0) is 24.7 Å². The summed E-state index contributed by atoms with van der Waals surface area (Å²) in [7, 11) is 5.27. The van der Waals surface area contributed by atoms with E-state index in [1.165, 1.54) is 18.3 Å². The summed E-state index contributed by atoms with van der Waals surface area (Å²) in [4.78, 5) is 17.6. The van der Waals surface area contributed by atoms with Gasteiger partial charge in [-0.15, -0.1) is 11.3 Å². The van der Waals surface area contributed by atoms with Crippen molar-refractivity contribution in [3.8, 4) is 11.5 Å². The summed E-state index contributed by atoms with van der Waals surface area (Å²) in [5, 5.41) is 5.28. The Hall–Kier alpha value is -2.12. The SMILES string of the molecule is COc1ccc(CN(C)Cc2csc(NC(C)=O)n2)cc1OC. The molecule has 1 N–H and O–H groups in total. The van der Waals surface area contributed by atoms with E-state index in [0.717, 1.165) is 29.3 Å². The molecule has 0 spiro atoms. The molecule has 1 aromatic carbocycles. The van der Waals surface area contributed by atoms with E-state index in [1.54, 1.807) is 14.2 Å². The molecule has 0 aliphatic heterocycles. The van der Waals surface area contributed by atoms with Gasteiger partial charge in [0.05, 0.1) is 19.9 Å². The van der Waals surface area contributed by atoms with Crippen molar-refractivity contribution in [3.05, 3.63) is 34.8 Å². The number of carbonyl (C=O) groups is 1. The van der Waals surface area contributed by atoms with Crippen molar-refractivity contribution in [2.45, 2.75) is 20.0 Å². The number of thiazole rings is 1. The highest BCUT2D eigenvalue weighted by Crippen LogP contribution is 2.28. The third-order valence-electron chi connectivity index (χ3n) is 3.17. The van der Waals surface area contributed by atoms with Gasteiger partial charge in [0.15, 0.2) is 16.6 Å². The van der Waals surface area contributed by atoms with Gasteiger partial charge in [-0.25, -0.2) is 4.98 Å². The maximum atomic E-state index is 11.0. The van der Waals surface area contributed by atoms with Gasteiger partial charge in [-0.3, -0.25) is 9.69 Å². The van der Waals surface area contributed by atoms with Gasteiger partial charge >= 0.3 is 0 Å². The summed E-state index contributed by atoms with van der Waals surface area (Å²) < 4.78 is 10.6. The molecular formula is C16H21N3O3S. The molecule has 0 aliphatic carbocycles. The van der Waals surface area contributed by atoms with Crippen molar-refractivity contribution in [2.75, 3.05) is 26.6 Å². The topological polar surface area (TPSA) is 63.7 Å². The molecule has 2 rings (SSSR count). The summed E-state index contributed by atoms with van der Waals surface area (Å²) in [6.45, 7) is 2.93. The van der Waals surface area contributed by atoms with Crippen molar-refractivity contribution >= 4 is 22.4 Å². The Morgan fingerprint density at radius 3 is 2.65 bits per heavy atom. The van der Waals surface area contributed by atoms with Gasteiger partial charge in [0.1, 0.15) is 0 Å². The monoisotopic (exact) mass is 335 g/mol. The molecule has 1 amide bonds. The largest absolute Gasteiger partial charge is 0.493 e. The van der Waals surface area contributed by atoms with Crippen LogP contribution in [0.5, 0.6) is 11.5 Å². The fourth-order valence-electron chi connectivity index (χ4n) is 2.21. The van der Waals surface area contributed by atoms with E-state index >= 15 is 0 Å². The Bertz CT molecular complexity index is 672. The van der Waals surface area contributed by atoms with Crippen molar-refractivity contribution in [1.82, 2.24) is 9.88 Å². The normalized spacial score (nSPS) is 10.7. The van der Waals surface area contributed by atoms with E-state index in [0.29, 0.717) is 11.7 Å². The molecule has 0 bridgehead atoms. The van der Waals surface area contributed by atoms with Crippen molar-refractivity contribution in [3.63, 3.8) is 0 Å². The highest BCUT2D eigenvalue weighted by molar-refractivity contribution is 7.13. The first kappa shape index (κ1) is 17.2. The summed E-state index contributed by atoms with van der Waals surface area (Å²) in [5.74, 6) is 1.34. The Morgan fingerprint density at radius 2 is 2.00 bits per heavy atom. The fourth-order valence-corrected chi connectivity index (χ4v) is 2.96. The van der Waals surface area contributed by atoms with E-state index in [9.17, 15) is 4.79 Å². The molecule has 0 radical (unpaired) electrons. The van der Waals surface area contributed by atoms with Crippen LogP contribution < -0.4 is 14.8 Å². The Balaban J connectivity index is 1.97. The number of methoxy groups -OCH3 is 2. The van der Waals surface area contributed by atoms with E-state index in [1.807, 2.05) is 30.6 Å². The maximum absolute atomic E-state index is 11.0. The molecule has 0 atom stereocenters. The minimum absolute atomic E-state index is 0.107. The van der Waals surface area contributed by atoms with Crippen molar-refractivity contribution < 1.29 is 14.3 Å². The van der Waals surface area contributed by atoms with E-state index in [-0.39, 0.29) is 5.91 Å². The number of hydrogen-bond donors (Lipinski definition) is 1. The van der Waals surface area contributed by atoms with Gasteiger partial charge < -0.3 is 14.8 Å². The molecule has 2 aromatic rings. The average Bonchev–Trinajstić information content (AvgIpc) is 2.93. The number of aromatic nitrogens is 1. The molecule has 6 nitrogen and oxygen atoms in total. The number of rotatable bonds is 7. The van der Waals surface area contributed by atoms with Crippen LogP contribution in [0.25, 0.3) is 0 Å². The van der Waals surface area contributed by atoms with Crippen molar-refractivity contribution in [1.29, 1.82) is 0 Å². The van der Waals surface area contributed by atoms with Gasteiger partial charge in [0.2, 0.25) is 5.91 Å². The lowest BCUT2D eigenvalue weighted by atomic mass is 10.2. The Morgan fingerprint density at radius 1 is 1.26 bits per heavy atom. The zero-order valence-corrected chi connectivity index (χ0v) is 14.6. The molecule has 0 aliphatic rings. The summed E-state index contributed by atoms with van der Waals surface area (Å²) >= 11 is 1.43. The van der Waals surface area contributed by atoms with E-state index in [4.69, 9.17) is 9.47 Å². The summed E-state index contributed by atoms with van der Waals surface area (Å²) in [6, 6.07) is 5.89. The molecule has 1 aromatic heterocycles. The standard InChI is InChI=1S/C16H21N3O3S/c1-11(20)17-16-18-13(10-23-16)9-19(2)8-12-5-6-14(21-3)15(7-12)22-4/h5-7,10H,8-9H2,1-4H3,(H,17,18,20). The second kappa shape index (κ2) is 7.94. The number of benzene rings is 1. The molecule has 23 heavy (non-hydrogen) atoms. The molecule has 0 saturated carbocycles. The first-order valence-corrected chi connectivity index (χ1v) is 8.01. The molecule has 7 heteroatoms. The minimum Gasteiger partial charge on any atom is -0.493 e. The van der Waals surface area contributed by atoms with Crippen LogP contribution in [0, 0.1) is 0 Å². The molecule has 0 unspecified atom stereocenters. The van der Waals surface area contributed by atoms with Crippen LogP contribution in [-0.2, 0) is 17.9 Å². The van der Waals surface area contributed by atoms with Gasteiger partial charge in [0.25, 0.3) is 0 Å². The second-order valence-corrected chi connectivity index (χ2v) is 6.04. The number of nitrogens with zero attached hydrogens (tertiary/aromatic N) is 2. The lowest BCUT2D eigenvalue weighted by Gasteiger charge is -2.16. The van der Waals surface area contributed by atoms with Gasteiger partial charge in [-0.2, -0.15) is 0 Å². The lowest BCUT2D eigenvalue weighted by molar-refractivity contribution is -0.114. The van der Waals surface area contributed by atoms with Crippen LogP contribution in [-0.4, -0.2) is 37.1 Å². The van der Waals surface area contributed by atoms with Gasteiger partial charge in [0, 0.05) is 25.4 Å². The number of hydrogen-bond acceptors (Lipinski definition) is 6. The van der Waals surface area contributed by atoms with Crippen LogP contribution >= 0.6 is 11.3 Å². The minimum atomic E-state index is -0.107. The second-order valence-electron chi connectivity index (χ2n) is 5.19. The predicted octanol–water partition coefficient (Wildman–Crippen LogP) is 2.75. The number of anilines is 1. The number of carbonyl (C=O) groups excluding carboxylic acids is 1. The highest BCUT2D eigenvalue weighted by atomic mass is 32.1. The predicted molar refractivity (Wildman–Crippen MR) is 91.1 cm³/mol. The van der Waals surface area contributed by atoms with Crippen LogP contribution in [0.2, 0.25) is 0 Å². The zero-order chi connectivity index (χ0) is 16.8. The number of nitrogens with one attached hydrogen (secondary N) is 1. The van der Waals surface area contributed by atoms with E-state index in [2.05, 4.69) is 15.2 Å². The summed E-state index contributed by atoms with van der Waals surface area (Å²) in [5.41, 5.74) is 2.06. The van der Waals surface area contributed by atoms with Gasteiger partial charge in [-0.1, -0.05) is 6.07 Å². The summed E-state index contributed by atoms with van der Waals surface area (Å²) in [6.07, 6.45) is 0. The molecule has 124 valence electrons. The molecular weight excluding hydrogens is 314 g/mol. The third-order valence-corrected chi connectivity index (χ3v) is 3.97. The maximum Gasteiger partial charge on any atom is 0.223 e. The fraction of sp³-hybridized carbons (Fsp3) is 0.375. The first-order chi connectivity index (χ1) is 11.0. The molecule has 0 saturated heterocycles. The first-order valence-electron chi connectivity index (χ1n) is 7.13. The van der Waals surface area contributed by atoms with Crippen LogP contribution in [0.1, 0.15) is 18.2 Å². The van der Waals surface area contributed by atoms with Crippen LogP contribution in [0.4, 0.5) is 5.13 Å².